The molecule has 0 atom stereocenters. The second kappa shape index (κ2) is 11.3. The molecule has 3 aromatic heterocycles. The Hall–Kier alpha value is -6.88. The summed E-state index contributed by atoms with van der Waals surface area (Å²) < 4.78 is 4.85. The van der Waals surface area contributed by atoms with Gasteiger partial charge in [-0.25, -0.2) is 9.97 Å². The molecule has 9 aromatic carbocycles. The summed E-state index contributed by atoms with van der Waals surface area (Å²) in [6, 6.07) is 63.3. The first kappa shape index (κ1) is 29.7. The molecule has 0 saturated heterocycles. The lowest BCUT2D eigenvalue weighted by Gasteiger charge is -2.14. The van der Waals surface area contributed by atoms with E-state index in [1.54, 1.807) is 0 Å². The molecule has 0 spiro atoms. The van der Waals surface area contributed by atoms with Gasteiger partial charge < -0.3 is 0 Å². The molecule has 0 fully saturated rings. The topological polar surface area (TPSA) is 30.7 Å². The number of thiophene rings is 1. The van der Waals surface area contributed by atoms with Crippen LogP contribution in [0.5, 0.6) is 0 Å². The van der Waals surface area contributed by atoms with E-state index >= 15 is 0 Å². The molecule has 0 aliphatic carbocycles. The quantitative estimate of drug-likeness (QED) is 0.172. The molecular weight excluding hydrogens is 675 g/mol. The predicted octanol–water partition coefficient (Wildman–Crippen LogP) is 13.9. The van der Waals surface area contributed by atoms with Crippen LogP contribution in [-0.4, -0.2) is 14.5 Å². The van der Waals surface area contributed by atoms with Crippen molar-refractivity contribution in [2.45, 2.75) is 0 Å². The molecule has 12 aromatic rings. The molecule has 3 nitrogen and oxygen atoms in total. The lowest BCUT2D eigenvalue weighted by molar-refractivity contribution is 0.996. The maximum absolute atomic E-state index is 5.29. The molecule has 0 radical (unpaired) electrons. The normalized spacial score (nSPS) is 12.1. The summed E-state index contributed by atoms with van der Waals surface area (Å²) in [5, 5.41) is 15.4. The Morgan fingerprint density at radius 3 is 1.44 bits per heavy atom. The fourth-order valence-corrected chi connectivity index (χ4v) is 10.1. The highest BCUT2D eigenvalue weighted by molar-refractivity contribution is 7.27. The van der Waals surface area contributed by atoms with Crippen LogP contribution in [0.3, 0.4) is 0 Å². The van der Waals surface area contributed by atoms with Crippen LogP contribution in [0.1, 0.15) is 0 Å². The third-order valence-corrected chi connectivity index (χ3v) is 12.3. The van der Waals surface area contributed by atoms with Crippen LogP contribution in [0.15, 0.2) is 176 Å². The van der Waals surface area contributed by atoms with Gasteiger partial charge in [-0.3, -0.25) is 4.57 Å². The number of aromatic nitrogens is 3. The molecule has 0 bridgehead atoms. The van der Waals surface area contributed by atoms with Crippen LogP contribution >= 0.6 is 11.3 Å². The van der Waals surface area contributed by atoms with Crippen LogP contribution < -0.4 is 0 Å². The van der Waals surface area contributed by atoms with Crippen LogP contribution in [0.25, 0.3) is 114 Å². The SMILES string of the molecule is c1ccc(-c2cc(-c3ccccc3)nc(-n3c4ccccc4c4cc5c(cc43)sc3c5c4ccccc4c4c5ccccc5c5ccccc5c34)n2)cc1. The summed E-state index contributed by atoms with van der Waals surface area (Å²) in [4.78, 5) is 10.6. The third kappa shape index (κ3) is 4.17. The van der Waals surface area contributed by atoms with Crippen molar-refractivity contribution in [3.63, 3.8) is 0 Å². The van der Waals surface area contributed by atoms with Crippen molar-refractivity contribution in [1.29, 1.82) is 0 Å². The smallest absolute Gasteiger partial charge is 0.235 e. The maximum atomic E-state index is 5.29. The number of fused-ring (bicyclic) bond motifs is 16. The molecule has 0 amide bonds. The molecule has 0 unspecified atom stereocenters. The standard InChI is InChI=1S/C50H29N3S/c1-3-15-30(16-4-1)41-28-42(31-17-5-2-6-18-31)52-50(51-41)53-43-26-14-13-21-34(43)39-27-40-45(29-44(39)53)54-49-47(40)38-25-12-11-24-37(38)46-35-22-9-7-19-32(35)33-20-8-10-23-36(33)48(46)49/h1-29H. The molecule has 0 aliphatic heterocycles. The average Bonchev–Trinajstić information content (AvgIpc) is 3.78. The number of hydrogen-bond donors (Lipinski definition) is 0. The van der Waals surface area contributed by atoms with Gasteiger partial charge in [-0.1, -0.05) is 152 Å². The van der Waals surface area contributed by atoms with E-state index < -0.39 is 0 Å². The average molecular weight is 704 g/mol. The molecular formula is C50H29N3S. The van der Waals surface area contributed by atoms with Crippen LogP contribution in [0.4, 0.5) is 0 Å². The van der Waals surface area contributed by atoms with Gasteiger partial charge in [0.05, 0.1) is 22.4 Å². The van der Waals surface area contributed by atoms with Gasteiger partial charge in [0.1, 0.15) is 0 Å². The second-order valence-electron chi connectivity index (χ2n) is 14.1. The first-order valence-corrected chi connectivity index (χ1v) is 19.2. The Morgan fingerprint density at radius 2 is 0.833 bits per heavy atom. The van der Waals surface area contributed by atoms with Crippen LogP contribution in [-0.2, 0) is 0 Å². The van der Waals surface area contributed by atoms with Crippen molar-refractivity contribution in [2.75, 3.05) is 0 Å². The predicted molar refractivity (Wildman–Crippen MR) is 230 cm³/mol. The van der Waals surface area contributed by atoms with E-state index in [9.17, 15) is 0 Å². The summed E-state index contributed by atoms with van der Waals surface area (Å²) in [5.74, 6) is 0.662. The first-order valence-electron chi connectivity index (χ1n) is 18.3. The summed E-state index contributed by atoms with van der Waals surface area (Å²) in [6.07, 6.45) is 0. The summed E-state index contributed by atoms with van der Waals surface area (Å²) in [7, 11) is 0. The molecule has 54 heavy (non-hydrogen) atoms. The lowest BCUT2D eigenvalue weighted by Crippen LogP contribution is -2.03. The highest BCUT2D eigenvalue weighted by Crippen LogP contribution is 2.50. The van der Waals surface area contributed by atoms with Gasteiger partial charge in [-0.2, -0.15) is 0 Å². The Bertz CT molecular complexity index is 3430. The zero-order valence-electron chi connectivity index (χ0n) is 29.0. The van der Waals surface area contributed by atoms with Crippen molar-refractivity contribution in [3.05, 3.63) is 176 Å². The minimum absolute atomic E-state index is 0.662. The van der Waals surface area contributed by atoms with Crippen LogP contribution in [0.2, 0.25) is 0 Å². The van der Waals surface area contributed by atoms with E-state index in [-0.39, 0.29) is 0 Å². The largest absolute Gasteiger partial charge is 0.278 e. The maximum Gasteiger partial charge on any atom is 0.235 e. The van der Waals surface area contributed by atoms with E-state index in [1.165, 1.54) is 74.0 Å². The van der Waals surface area contributed by atoms with E-state index in [0.717, 1.165) is 33.5 Å². The zero-order chi connectivity index (χ0) is 35.3. The van der Waals surface area contributed by atoms with Crippen LogP contribution in [0, 0.1) is 0 Å². The van der Waals surface area contributed by atoms with E-state index in [2.05, 4.69) is 168 Å². The molecule has 4 heteroatoms. The third-order valence-electron chi connectivity index (χ3n) is 11.2. The number of benzene rings is 9. The summed E-state index contributed by atoms with van der Waals surface area (Å²) in [5.41, 5.74) is 6.10. The summed E-state index contributed by atoms with van der Waals surface area (Å²) in [6.45, 7) is 0. The second-order valence-corrected chi connectivity index (χ2v) is 15.1. The van der Waals surface area contributed by atoms with E-state index in [1.807, 2.05) is 23.5 Å². The highest BCUT2D eigenvalue weighted by Gasteiger charge is 2.22. The fourth-order valence-electron chi connectivity index (χ4n) is 8.84. The van der Waals surface area contributed by atoms with Crippen molar-refractivity contribution in [2.24, 2.45) is 0 Å². The minimum atomic E-state index is 0.662. The fraction of sp³-hybridized carbons (Fsp3) is 0. The molecule has 0 saturated carbocycles. The molecule has 250 valence electrons. The Kier molecular flexibility index (Phi) is 6.21. The Morgan fingerprint density at radius 1 is 0.352 bits per heavy atom. The van der Waals surface area contributed by atoms with E-state index in [4.69, 9.17) is 9.97 Å². The van der Waals surface area contributed by atoms with E-state index in [0.29, 0.717) is 5.95 Å². The molecule has 3 heterocycles. The Balaban J connectivity index is 1.23. The van der Waals surface area contributed by atoms with Crippen molar-refractivity contribution < 1.29 is 0 Å². The molecule has 12 rings (SSSR count). The van der Waals surface area contributed by atoms with Crippen molar-refractivity contribution in [3.8, 4) is 28.5 Å². The summed E-state index contributed by atoms with van der Waals surface area (Å²) >= 11 is 1.90. The lowest BCUT2D eigenvalue weighted by atomic mass is 9.89. The van der Waals surface area contributed by atoms with Gasteiger partial charge in [0, 0.05) is 47.5 Å². The molecule has 0 aliphatic rings. The van der Waals surface area contributed by atoms with Gasteiger partial charge in [-0.05, 0) is 62.0 Å². The van der Waals surface area contributed by atoms with Gasteiger partial charge >= 0.3 is 0 Å². The number of nitrogens with zero attached hydrogens (tertiary/aromatic N) is 3. The minimum Gasteiger partial charge on any atom is -0.278 e. The van der Waals surface area contributed by atoms with Gasteiger partial charge in [-0.15, -0.1) is 11.3 Å². The van der Waals surface area contributed by atoms with Gasteiger partial charge in [0.15, 0.2) is 0 Å². The number of para-hydroxylation sites is 1. The zero-order valence-corrected chi connectivity index (χ0v) is 29.8. The first-order chi connectivity index (χ1) is 26.8. The van der Waals surface area contributed by atoms with Gasteiger partial charge in [0.25, 0.3) is 0 Å². The Labute approximate surface area is 314 Å². The van der Waals surface area contributed by atoms with Crippen molar-refractivity contribution >= 4 is 96.4 Å². The number of hydrogen-bond acceptors (Lipinski definition) is 3. The van der Waals surface area contributed by atoms with Gasteiger partial charge in [0.2, 0.25) is 5.95 Å². The number of rotatable bonds is 3. The van der Waals surface area contributed by atoms with Crippen molar-refractivity contribution in [1.82, 2.24) is 14.5 Å². The highest BCUT2D eigenvalue weighted by atomic mass is 32.1. The molecule has 0 N–H and O–H groups in total. The monoisotopic (exact) mass is 703 g/mol.